The molecule has 0 unspecified atom stereocenters. The largest absolute Gasteiger partial charge is 0.456 e. The number of aromatic nitrogens is 1. The average molecular weight is 712 g/mol. The van der Waals surface area contributed by atoms with Gasteiger partial charge in [0.1, 0.15) is 11.2 Å². The van der Waals surface area contributed by atoms with E-state index >= 15 is 0 Å². The predicted octanol–water partition coefficient (Wildman–Crippen LogP) is 14.0. The zero-order valence-corrected chi connectivity index (χ0v) is 31.0. The van der Waals surface area contributed by atoms with E-state index in [1.165, 1.54) is 50.1 Å². The monoisotopic (exact) mass is 711 g/mol. The number of furan rings is 1. The van der Waals surface area contributed by atoms with Gasteiger partial charge in [0.05, 0.1) is 5.52 Å². The van der Waals surface area contributed by atoms with Crippen LogP contribution in [0.25, 0.3) is 66.9 Å². The second-order valence-electron chi connectivity index (χ2n) is 14.9. The summed E-state index contributed by atoms with van der Waals surface area (Å²) in [5, 5.41) is 3.47. The molecule has 0 saturated carbocycles. The van der Waals surface area contributed by atoms with Crippen molar-refractivity contribution in [3.05, 3.63) is 181 Å². The first-order valence-electron chi connectivity index (χ1n) is 19.2. The Hall–Kier alpha value is -6.78. The van der Waals surface area contributed by atoms with E-state index in [0.717, 1.165) is 63.1 Å². The number of rotatable bonds is 7. The van der Waals surface area contributed by atoms with E-state index in [2.05, 4.69) is 181 Å². The second-order valence-corrected chi connectivity index (χ2v) is 14.9. The molecule has 2 N–H and O–H groups in total. The minimum Gasteiger partial charge on any atom is -0.456 e. The average Bonchev–Trinajstić information content (AvgIpc) is 3.77. The van der Waals surface area contributed by atoms with Gasteiger partial charge in [0.25, 0.3) is 0 Å². The highest BCUT2D eigenvalue weighted by molar-refractivity contribution is 6.06. The molecular weight excluding hydrogens is 671 g/mol. The molecule has 1 aliphatic carbocycles. The molecule has 0 aliphatic heterocycles. The van der Waals surface area contributed by atoms with Crippen LogP contribution in [-0.4, -0.2) is 4.57 Å². The lowest BCUT2D eigenvalue weighted by molar-refractivity contribution is 0.669. The topological polar surface area (TPSA) is 47.3 Å². The van der Waals surface area contributed by atoms with Gasteiger partial charge in [-0.05, 0) is 114 Å². The summed E-state index contributed by atoms with van der Waals surface area (Å²) in [5.74, 6) is 0.383. The third-order valence-electron chi connectivity index (χ3n) is 11.2. The predicted molar refractivity (Wildman–Crippen MR) is 232 cm³/mol. The van der Waals surface area contributed by atoms with Crippen LogP contribution in [0.1, 0.15) is 43.0 Å². The minimum atomic E-state index is 0.383. The van der Waals surface area contributed by atoms with Crippen LogP contribution in [0.4, 0.5) is 22.7 Å². The summed E-state index contributed by atoms with van der Waals surface area (Å²) < 4.78 is 8.67. The zero-order valence-electron chi connectivity index (χ0n) is 31.0. The summed E-state index contributed by atoms with van der Waals surface area (Å²) in [7, 11) is 0. The summed E-state index contributed by atoms with van der Waals surface area (Å²) in [6.45, 7) is 4.46. The van der Waals surface area contributed by atoms with Crippen LogP contribution in [0.3, 0.4) is 0 Å². The molecular formula is C51H41N3O. The van der Waals surface area contributed by atoms with Gasteiger partial charge >= 0.3 is 0 Å². The fourth-order valence-corrected chi connectivity index (χ4v) is 8.56. The van der Waals surface area contributed by atoms with Crippen molar-refractivity contribution in [2.24, 2.45) is 0 Å². The van der Waals surface area contributed by atoms with Gasteiger partial charge in [-0.2, -0.15) is 0 Å². The molecule has 266 valence electrons. The quantitative estimate of drug-likeness (QED) is 0.167. The highest BCUT2D eigenvalue weighted by Crippen LogP contribution is 2.43. The fraction of sp³-hybridized carbons (Fsp3) is 0.0980. The summed E-state index contributed by atoms with van der Waals surface area (Å²) in [5.41, 5.74) is 23.6. The number of anilines is 4. The highest BCUT2D eigenvalue weighted by atomic mass is 16.3. The molecule has 0 amide bonds. The van der Waals surface area contributed by atoms with Crippen LogP contribution in [0, 0.1) is 0 Å². The Morgan fingerprint density at radius 1 is 0.600 bits per heavy atom. The van der Waals surface area contributed by atoms with Gasteiger partial charge in [-0.1, -0.05) is 111 Å². The molecule has 0 radical (unpaired) electrons. The van der Waals surface area contributed by atoms with Crippen LogP contribution in [0.15, 0.2) is 168 Å². The van der Waals surface area contributed by atoms with Gasteiger partial charge in [0, 0.05) is 61.4 Å². The Labute approximate surface area is 321 Å². The Morgan fingerprint density at radius 2 is 1.31 bits per heavy atom. The molecule has 9 aromatic rings. The summed E-state index contributed by atoms with van der Waals surface area (Å²) in [6, 6.07) is 56.3. The highest BCUT2D eigenvalue weighted by Gasteiger charge is 2.21. The van der Waals surface area contributed by atoms with E-state index in [0.29, 0.717) is 5.92 Å². The normalized spacial score (nSPS) is 12.6. The molecule has 0 fully saturated rings. The van der Waals surface area contributed by atoms with E-state index in [9.17, 15) is 0 Å². The number of allylic oxidation sites excluding steroid dienone is 1. The van der Waals surface area contributed by atoms with Crippen molar-refractivity contribution < 1.29 is 4.42 Å². The molecule has 1 aliphatic rings. The molecule has 55 heavy (non-hydrogen) atoms. The molecule has 10 rings (SSSR count). The smallest absolute Gasteiger partial charge is 0.135 e. The van der Waals surface area contributed by atoms with E-state index in [1.54, 1.807) is 0 Å². The van der Waals surface area contributed by atoms with Gasteiger partial charge < -0.3 is 19.6 Å². The van der Waals surface area contributed by atoms with E-state index in [-0.39, 0.29) is 0 Å². The molecule has 0 bridgehead atoms. The van der Waals surface area contributed by atoms with Crippen molar-refractivity contribution in [2.45, 2.75) is 32.6 Å². The first-order valence-corrected chi connectivity index (χ1v) is 19.2. The number of hydrogen-bond acceptors (Lipinski definition) is 3. The molecule has 4 heteroatoms. The van der Waals surface area contributed by atoms with E-state index < -0.39 is 0 Å². The van der Waals surface area contributed by atoms with Crippen molar-refractivity contribution in [1.29, 1.82) is 0 Å². The van der Waals surface area contributed by atoms with Crippen molar-refractivity contribution in [3.8, 4) is 27.9 Å². The van der Waals surface area contributed by atoms with Crippen molar-refractivity contribution >= 4 is 61.7 Å². The SMILES string of the molecule is CC(C)c1ccccc1-c1ccc(N(c2ccc(-c3ccc4c(c3)c3c(n4-c4ccccc4)CCC=C3)cc2)c2ccc3oc4ccccc4c3c2)cc1N. The lowest BCUT2D eigenvalue weighted by Crippen LogP contribution is -2.10. The van der Waals surface area contributed by atoms with Gasteiger partial charge in [-0.3, -0.25) is 0 Å². The molecule has 7 aromatic carbocycles. The third kappa shape index (κ3) is 5.61. The molecule has 0 saturated heterocycles. The molecule has 0 atom stereocenters. The maximum Gasteiger partial charge on any atom is 0.135 e. The second kappa shape index (κ2) is 13.3. The van der Waals surface area contributed by atoms with Gasteiger partial charge in [0.2, 0.25) is 0 Å². The van der Waals surface area contributed by atoms with Gasteiger partial charge in [-0.15, -0.1) is 0 Å². The molecule has 4 nitrogen and oxygen atoms in total. The summed E-state index contributed by atoms with van der Waals surface area (Å²) in [4.78, 5) is 2.30. The summed E-state index contributed by atoms with van der Waals surface area (Å²) >= 11 is 0. The lowest BCUT2D eigenvalue weighted by Gasteiger charge is -2.27. The maximum atomic E-state index is 6.95. The van der Waals surface area contributed by atoms with Gasteiger partial charge in [0.15, 0.2) is 0 Å². The Kier molecular flexibility index (Phi) is 7.92. The van der Waals surface area contributed by atoms with Crippen molar-refractivity contribution in [3.63, 3.8) is 0 Å². The lowest BCUT2D eigenvalue weighted by atomic mass is 9.91. The van der Waals surface area contributed by atoms with Crippen LogP contribution >= 0.6 is 0 Å². The Balaban J connectivity index is 1.08. The van der Waals surface area contributed by atoms with Crippen molar-refractivity contribution in [1.82, 2.24) is 4.57 Å². The first kappa shape index (κ1) is 32.8. The minimum absolute atomic E-state index is 0.383. The first-order chi connectivity index (χ1) is 27.0. The maximum absolute atomic E-state index is 6.95. The fourth-order valence-electron chi connectivity index (χ4n) is 8.56. The molecule has 2 aromatic heterocycles. The molecule has 0 spiro atoms. The number of nitrogens with zero attached hydrogens (tertiary/aromatic N) is 2. The van der Waals surface area contributed by atoms with E-state index in [1.807, 2.05) is 12.1 Å². The Morgan fingerprint density at radius 3 is 2.15 bits per heavy atom. The summed E-state index contributed by atoms with van der Waals surface area (Å²) in [6.07, 6.45) is 6.71. The van der Waals surface area contributed by atoms with Crippen molar-refractivity contribution in [2.75, 3.05) is 10.6 Å². The number of fused-ring (bicyclic) bond motifs is 6. The van der Waals surface area contributed by atoms with E-state index in [4.69, 9.17) is 10.2 Å². The third-order valence-corrected chi connectivity index (χ3v) is 11.2. The zero-order chi connectivity index (χ0) is 37.0. The number of hydrogen-bond donors (Lipinski definition) is 1. The number of nitrogen functional groups attached to an aromatic ring is 1. The number of nitrogens with two attached hydrogens (primary N) is 1. The molecule has 2 heterocycles. The number of benzene rings is 7. The van der Waals surface area contributed by atoms with Crippen LogP contribution in [0.5, 0.6) is 0 Å². The van der Waals surface area contributed by atoms with Crippen LogP contribution in [0.2, 0.25) is 0 Å². The number of para-hydroxylation sites is 2. The Bertz CT molecular complexity index is 2910. The van der Waals surface area contributed by atoms with Gasteiger partial charge in [-0.25, -0.2) is 0 Å². The standard InChI is InChI=1S/C51H41N3O/c1-33(2)40-14-6-7-15-41(40)42-27-25-39(32-47(42)52)53(38-26-29-51-46(31-38)44-17-9-11-19-50(44)55-51)37-23-20-34(21-24-37)35-22-28-49-45(30-35)43-16-8-10-18-48(43)54(49)36-12-4-3-5-13-36/h3-9,11-17,19-33H,10,18,52H2,1-2H3. The van der Waals surface area contributed by atoms with Crippen LogP contribution < -0.4 is 10.6 Å². The van der Waals surface area contributed by atoms with Crippen LogP contribution in [-0.2, 0) is 6.42 Å².